The number of hydrogen-bond donors (Lipinski definition) is 1. The van der Waals surface area contributed by atoms with Crippen molar-refractivity contribution in [3.63, 3.8) is 0 Å². The fraction of sp³-hybridized carbons (Fsp3) is 0.844. The molecule has 6 heteroatoms. The molecule has 0 spiro atoms. The second kappa shape index (κ2) is 11.1. The van der Waals surface area contributed by atoms with Crippen LogP contribution in [0.4, 0.5) is 4.79 Å². The van der Waals surface area contributed by atoms with Crippen molar-refractivity contribution >= 4 is 17.6 Å². The molecule has 0 aliphatic heterocycles. The highest BCUT2D eigenvalue weighted by molar-refractivity contribution is 5.91. The van der Waals surface area contributed by atoms with E-state index in [9.17, 15) is 9.59 Å². The molecule has 0 unspecified atom stereocenters. The van der Waals surface area contributed by atoms with Gasteiger partial charge in [0.05, 0.1) is 5.71 Å². The molecule has 4 aliphatic carbocycles. The van der Waals surface area contributed by atoms with Crippen molar-refractivity contribution in [1.82, 2.24) is 10.2 Å². The Morgan fingerprint density at radius 2 is 1.87 bits per heavy atom. The predicted octanol–water partition coefficient (Wildman–Crippen LogP) is 6.99. The molecule has 0 saturated heterocycles. The van der Waals surface area contributed by atoms with Gasteiger partial charge in [-0.2, -0.15) is 0 Å². The number of nitrogens with one attached hydrogen (secondary N) is 1. The van der Waals surface area contributed by atoms with E-state index < -0.39 is 0 Å². The Bertz CT molecular complexity index is 963. The van der Waals surface area contributed by atoms with Crippen LogP contribution in [0.5, 0.6) is 0 Å². The Hall–Kier alpha value is -1.69. The molecule has 0 aromatic carbocycles. The normalized spacial score (nSPS) is 35.3. The van der Waals surface area contributed by atoms with Crippen molar-refractivity contribution in [2.24, 2.45) is 45.6 Å². The van der Waals surface area contributed by atoms with E-state index in [0.717, 1.165) is 37.4 Å². The van der Waals surface area contributed by atoms with Crippen LogP contribution in [0, 0.1) is 40.4 Å². The summed E-state index contributed by atoms with van der Waals surface area (Å²) in [5.74, 6) is 3.15. The Morgan fingerprint density at radius 3 is 2.55 bits per heavy atom. The zero-order valence-electron chi connectivity index (χ0n) is 25.4. The van der Waals surface area contributed by atoms with Crippen LogP contribution in [-0.2, 0) is 9.63 Å². The van der Waals surface area contributed by atoms with Crippen molar-refractivity contribution in [1.29, 1.82) is 0 Å². The Kier molecular flexibility index (Phi) is 8.53. The lowest BCUT2D eigenvalue weighted by atomic mass is 9.46. The van der Waals surface area contributed by atoms with Gasteiger partial charge in [-0.15, -0.1) is 0 Å². The average molecular weight is 528 g/mol. The molecule has 0 bridgehead atoms. The van der Waals surface area contributed by atoms with Crippen molar-refractivity contribution < 1.29 is 14.4 Å². The number of fused-ring (bicyclic) bond motifs is 5. The molecule has 3 saturated carbocycles. The van der Waals surface area contributed by atoms with E-state index in [1.54, 1.807) is 4.90 Å². The maximum Gasteiger partial charge on any atom is 0.436 e. The molecule has 0 radical (unpaired) electrons. The smallest absolute Gasteiger partial charge is 0.310 e. The van der Waals surface area contributed by atoms with Gasteiger partial charge >= 0.3 is 6.09 Å². The van der Waals surface area contributed by atoms with E-state index in [2.05, 4.69) is 65.9 Å². The van der Waals surface area contributed by atoms with Crippen LogP contribution in [0.2, 0.25) is 0 Å². The summed E-state index contributed by atoms with van der Waals surface area (Å²) >= 11 is 0. The highest BCUT2D eigenvalue weighted by Crippen LogP contribution is 2.66. The van der Waals surface area contributed by atoms with Crippen LogP contribution in [0.15, 0.2) is 16.8 Å². The van der Waals surface area contributed by atoms with Gasteiger partial charge in [-0.1, -0.05) is 38.4 Å². The Balaban J connectivity index is 1.42. The molecule has 214 valence electrons. The minimum Gasteiger partial charge on any atom is -0.310 e. The minimum atomic E-state index is -0.344. The summed E-state index contributed by atoms with van der Waals surface area (Å²) < 4.78 is 0. The summed E-state index contributed by atoms with van der Waals surface area (Å²) in [6.45, 7) is 19.6. The molecule has 0 aromatic rings. The van der Waals surface area contributed by atoms with Crippen LogP contribution >= 0.6 is 0 Å². The first-order valence-electron chi connectivity index (χ1n) is 15.2. The lowest BCUT2D eigenvalue weighted by molar-refractivity contribution is -0.117. The molecule has 4 aliphatic rings. The molecule has 0 heterocycles. The first kappa shape index (κ1) is 29.3. The Morgan fingerprint density at radius 1 is 1.13 bits per heavy atom. The first-order chi connectivity index (χ1) is 17.7. The number of ketones is 1. The summed E-state index contributed by atoms with van der Waals surface area (Å²) in [6.07, 6.45) is 10.5. The third kappa shape index (κ3) is 5.90. The number of nitrogens with zero attached hydrogens (tertiary/aromatic N) is 2. The van der Waals surface area contributed by atoms with Crippen LogP contribution in [-0.4, -0.2) is 47.7 Å². The largest absolute Gasteiger partial charge is 0.436 e. The fourth-order valence-corrected chi connectivity index (χ4v) is 8.74. The quantitative estimate of drug-likeness (QED) is 0.220. The lowest BCUT2D eigenvalue weighted by Gasteiger charge is -2.58. The van der Waals surface area contributed by atoms with E-state index >= 15 is 0 Å². The predicted molar refractivity (Wildman–Crippen MR) is 154 cm³/mol. The average Bonchev–Trinajstić information content (AvgIpc) is 3.18. The van der Waals surface area contributed by atoms with Crippen molar-refractivity contribution in [2.45, 2.75) is 112 Å². The third-order valence-corrected chi connectivity index (χ3v) is 10.6. The molecule has 6 nitrogen and oxygen atoms in total. The third-order valence-electron chi connectivity index (χ3n) is 10.6. The van der Waals surface area contributed by atoms with Crippen molar-refractivity contribution in [2.75, 3.05) is 19.6 Å². The summed E-state index contributed by atoms with van der Waals surface area (Å²) in [5, 5.41) is 7.94. The van der Waals surface area contributed by atoms with Gasteiger partial charge in [-0.25, -0.2) is 4.79 Å². The fourth-order valence-electron chi connectivity index (χ4n) is 8.74. The van der Waals surface area contributed by atoms with E-state index in [1.165, 1.54) is 31.3 Å². The number of carbonyl (C=O) groups is 2. The van der Waals surface area contributed by atoms with Gasteiger partial charge in [0, 0.05) is 37.5 Å². The van der Waals surface area contributed by atoms with Crippen LogP contribution in [0.3, 0.4) is 0 Å². The molecular weight excluding hydrogens is 474 g/mol. The highest BCUT2D eigenvalue weighted by Gasteiger charge is 2.59. The summed E-state index contributed by atoms with van der Waals surface area (Å²) in [4.78, 5) is 32.6. The van der Waals surface area contributed by atoms with Crippen LogP contribution in [0.1, 0.15) is 107 Å². The van der Waals surface area contributed by atoms with Gasteiger partial charge in [-0.05, 0) is 113 Å². The molecule has 4 rings (SSSR count). The van der Waals surface area contributed by atoms with Gasteiger partial charge in [0.2, 0.25) is 0 Å². The number of allylic oxidation sites excluding steroid dienone is 1. The first-order valence-corrected chi connectivity index (χ1v) is 15.2. The van der Waals surface area contributed by atoms with Crippen LogP contribution < -0.4 is 5.32 Å². The SMILES string of the molecule is C/C(=N\OC(=O)N(CCNC(C)(C)C)CC(C)C)[C@H]1CC[C@H]2[C@@H]3CCC4=CC(=O)CC[C@]4(C)[C@H]3CC[C@]12C. The maximum absolute atomic E-state index is 13.0. The summed E-state index contributed by atoms with van der Waals surface area (Å²) in [7, 11) is 0. The van der Waals surface area contributed by atoms with Gasteiger partial charge in [-0.3, -0.25) is 9.63 Å². The molecule has 3 fully saturated rings. The number of carbonyl (C=O) groups excluding carboxylic acids is 2. The van der Waals surface area contributed by atoms with Gasteiger partial charge in [0.25, 0.3) is 0 Å². The number of hydrogen-bond acceptors (Lipinski definition) is 5. The van der Waals surface area contributed by atoms with E-state index in [-0.39, 0.29) is 22.5 Å². The standard InChI is InChI=1S/C32H53N3O3/c1-21(2)20-35(18-17-33-30(4,5)6)29(37)38-34-22(3)26-11-12-27-25-10-9-23-19-24(36)13-15-31(23,7)28(25)14-16-32(26,27)8/h19,21,25-28,33H,9-18,20H2,1-8H3/b34-22+/t25-,26+,27-,28-,31-,32+/m0/s1. The van der Waals surface area contributed by atoms with Crippen molar-refractivity contribution in [3.05, 3.63) is 11.6 Å². The monoisotopic (exact) mass is 527 g/mol. The number of oxime groups is 1. The van der Waals surface area contributed by atoms with Gasteiger partial charge in [0.1, 0.15) is 0 Å². The molecule has 1 N–H and O–H groups in total. The van der Waals surface area contributed by atoms with E-state index in [0.29, 0.717) is 49.0 Å². The molecule has 0 aromatic heterocycles. The zero-order chi connectivity index (χ0) is 27.9. The summed E-state index contributed by atoms with van der Waals surface area (Å²) in [6, 6.07) is 0. The second-order valence-corrected chi connectivity index (χ2v) is 14.7. The van der Waals surface area contributed by atoms with Gasteiger partial charge < -0.3 is 10.2 Å². The number of rotatable bonds is 7. The van der Waals surface area contributed by atoms with E-state index in [4.69, 9.17) is 4.84 Å². The van der Waals surface area contributed by atoms with Gasteiger partial charge in [0.15, 0.2) is 5.78 Å². The molecular formula is C32H53N3O3. The van der Waals surface area contributed by atoms with Crippen molar-refractivity contribution in [3.8, 4) is 0 Å². The Labute approximate surface area is 231 Å². The summed E-state index contributed by atoms with van der Waals surface area (Å²) in [5.41, 5.74) is 2.83. The molecule has 1 amide bonds. The zero-order valence-corrected chi connectivity index (χ0v) is 25.4. The maximum atomic E-state index is 13.0. The topological polar surface area (TPSA) is 71.0 Å². The van der Waals surface area contributed by atoms with E-state index in [1.807, 2.05) is 6.08 Å². The second-order valence-electron chi connectivity index (χ2n) is 14.7. The molecule has 6 atom stereocenters. The minimum absolute atomic E-state index is 0.0115. The van der Waals surface area contributed by atoms with Crippen LogP contribution in [0.25, 0.3) is 0 Å². The highest BCUT2D eigenvalue weighted by atomic mass is 16.7. The number of amides is 1. The molecule has 38 heavy (non-hydrogen) atoms. The lowest BCUT2D eigenvalue weighted by Crippen LogP contribution is -2.51.